The lowest BCUT2D eigenvalue weighted by molar-refractivity contribution is 0.0397. The Morgan fingerprint density at radius 2 is 1.79 bits per heavy atom. The fourth-order valence-corrected chi connectivity index (χ4v) is 5.76. The molecule has 1 atom stereocenters. The van der Waals surface area contributed by atoms with Crippen LogP contribution in [0.3, 0.4) is 0 Å². The van der Waals surface area contributed by atoms with Crippen LogP contribution in [0.1, 0.15) is 31.2 Å². The van der Waals surface area contributed by atoms with Crippen LogP contribution in [0.4, 0.5) is 0 Å². The minimum absolute atomic E-state index is 0.169. The number of ether oxygens (including phenoxy) is 3. The van der Waals surface area contributed by atoms with Crippen molar-refractivity contribution in [3.05, 3.63) is 42.1 Å². The van der Waals surface area contributed by atoms with Crippen LogP contribution in [0.15, 0.2) is 46.5 Å². The van der Waals surface area contributed by atoms with Crippen LogP contribution in [-0.4, -0.2) is 68.6 Å². The normalized spacial score (nSPS) is 16.2. The Kier molecular flexibility index (Phi) is 9.81. The van der Waals surface area contributed by atoms with E-state index in [1.54, 1.807) is 30.7 Å². The number of thioether (sulfide) groups is 1. The second kappa shape index (κ2) is 12.6. The maximum atomic E-state index is 12.8. The van der Waals surface area contributed by atoms with Crippen molar-refractivity contribution in [1.29, 1.82) is 0 Å². The lowest BCUT2D eigenvalue weighted by atomic mass is 10.2. The monoisotopic (exact) mass is 496 g/mol. The summed E-state index contributed by atoms with van der Waals surface area (Å²) >= 11 is 1.36. The van der Waals surface area contributed by atoms with Gasteiger partial charge in [-0.25, -0.2) is 13.4 Å². The van der Waals surface area contributed by atoms with Gasteiger partial charge in [0.1, 0.15) is 4.90 Å². The van der Waals surface area contributed by atoms with Crippen LogP contribution in [0, 0.1) is 0 Å². The van der Waals surface area contributed by atoms with Crippen molar-refractivity contribution in [2.75, 3.05) is 39.7 Å². The molecule has 0 aliphatic carbocycles. The van der Waals surface area contributed by atoms with Gasteiger partial charge in [0.15, 0.2) is 11.5 Å². The number of pyridine rings is 1. The predicted octanol–water partition coefficient (Wildman–Crippen LogP) is 3.33. The lowest BCUT2D eigenvalue weighted by Gasteiger charge is -2.19. The second-order valence-corrected chi connectivity index (χ2v) is 10.8. The summed E-state index contributed by atoms with van der Waals surface area (Å²) in [5, 5.41) is 10.9. The summed E-state index contributed by atoms with van der Waals surface area (Å²) in [6.07, 6.45) is 4.65. The van der Waals surface area contributed by atoms with Crippen LogP contribution < -0.4 is 9.47 Å². The molecular weight excluding hydrogens is 464 g/mol. The molecule has 0 spiro atoms. The summed E-state index contributed by atoms with van der Waals surface area (Å²) in [4.78, 5) is 4.49. The van der Waals surface area contributed by atoms with E-state index in [2.05, 4.69) is 4.98 Å². The van der Waals surface area contributed by atoms with Gasteiger partial charge in [0.2, 0.25) is 10.0 Å². The molecule has 1 unspecified atom stereocenters. The third-order valence-electron chi connectivity index (χ3n) is 5.36. The molecule has 10 heteroatoms. The van der Waals surface area contributed by atoms with Gasteiger partial charge in [-0.3, -0.25) is 0 Å². The largest absolute Gasteiger partial charge is 0.493 e. The van der Waals surface area contributed by atoms with Crippen molar-refractivity contribution in [1.82, 2.24) is 9.29 Å². The van der Waals surface area contributed by atoms with Gasteiger partial charge in [-0.05, 0) is 42.7 Å². The van der Waals surface area contributed by atoms with Gasteiger partial charge in [-0.15, -0.1) is 11.8 Å². The number of nitrogens with zero attached hydrogens (tertiary/aromatic N) is 2. The van der Waals surface area contributed by atoms with Crippen molar-refractivity contribution < 1.29 is 27.7 Å². The number of aliphatic hydroxyl groups excluding tert-OH is 1. The molecular formula is C23H32N2O6S2. The highest BCUT2D eigenvalue weighted by Crippen LogP contribution is 2.28. The molecule has 0 amide bonds. The number of aliphatic hydroxyl groups is 1. The molecule has 8 nitrogen and oxygen atoms in total. The first kappa shape index (κ1) is 25.8. The lowest BCUT2D eigenvalue weighted by Crippen LogP contribution is -2.32. The van der Waals surface area contributed by atoms with E-state index in [9.17, 15) is 13.5 Å². The first-order valence-corrected chi connectivity index (χ1v) is 13.4. The zero-order valence-corrected chi connectivity index (χ0v) is 20.7. The zero-order chi connectivity index (χ0) is 23.7. The second-order valence-electron chi connectivity index (χ2n) is 7.82. The number of hydrogen-bond donors (Lipinski definition) is 1. The minimum atomic E-state index is -3.51. The fourth-order valence-electron chi connectivity index (χ4n) is 3.55. The van der Waals surface area contributed by atoms with E-state index in [0.717, 1.165) is 31.2 Å². The van der Waals surface area contributed by atoms with Crippen molar-refractivity contribution in [2.45, 2.75) is 48.3 Å². The highest BCUT2D eigenvalue weighted by Gasteiger charge is 2.25. The summed E-state index contributed by atoms with van der Waals surface area (Å²) in [7, 11) is -0.346. The number of sulfonamides is 1. The summed E-state index contributed by atoms with van der Waals surface area (Å²) in [5.41, 5.74) is 0.912. The Bertz CT molecular complexity index is 977. The van der Waals surface area contributed by atoms with Gasteiger partial charge >= 0.3 is 0 Å². The van der Waals surface area contributed by atoms with Crippen LogP contribution in [-0.2, 0) is 21.4 Å². The van der Waals surface area contributed by atoms with E-state index in [4.69, 9.17) is 14.2 Å². The third-order valence-corrected chi connectivity index (χ3v) is 8.33. The molecule has 2 heterocycles. The average molecular weight is 497 g/mol. The zero-order valence-electron chi connectivity index (χ0n) is 19.1. The molecule has 3 rings (SSSR count). The molecule has 1 saturated heterocycles. The summed E-state index contributed by atoms with van der Waals surface area (Å²) in [6, 6.07) is 8.81. The number of rotatable bonds is 11. The molecule has 1 aromatic heterocycles. The van der Waals surface area contributed by atoms with E-state index >= 15 is 0 Å². The van der Waals surface area contributed by atoms with Gasteiger partial charge < -0.3 is 19.3 Å². The van der Waals surface area contributed by atoms with Gasteiger partial charge in [0.25, 0.3) is 0 Å². The minimum Gasteiger partial charge on any atom is -0.493 e. The van der Waals surface area contributed by atoms with E-state index in [1.807, 2.05) is 18.2 Å². The number of benzene rings is 1. The summed E-state index contributed by atoms with van der Waals surface area (Å²) < 4.78 is 43.4. The van der Waals surface area contributed by atoms with E-state index in [0.29, 0.717) is 42.0 Å². The highest BCUT2D eigenvalue weighted by atomic mass is 32.2. The van der Waals surface area contributed by atoms with Crippen LogP contribution >= 0.6 is 11.8 Å². The van der Waals surface area contributed by atoms with E-state index in [-0.39, 0.29) is 11.5 Å². The van der Waals surface area contributed by atoms with Crippen molar-refractivity contribution in [2.24, 2.45) is 0 Å². The van der Waals surface area contributed by atoms with Crippen LogP contribution in [0.25, 0.3) is 0 Å². The topological polar surface area (TPSA) is 98.2 Å². The first-order valence-electron chi connectivity index (χ1n) is 11.0. The van der Waals surface area contributed by atoms with Gasteiger partial charge in [0.05, 0.1) is 38.6 Å². The smallest absolute Gasteiger partial charge is 0.244 e. The molecule has 1 aliphatic heterocycles. The van der Waals surface area contributed by atoms with Gasteiger partial charge in [-0.2, -0.15) is 4.31 Å². The molecule has 1 aromatic carbocycles. The molecule has 182 valence electrons. The number of aromatic nitrogens is 1. The summed E-state index contributed by atoms with van der Waals surface area (Å²) in [6.45, 7) is 1.63. The molecule has 1 N–H and O–H groups in total. The molecule has 2 aromatic rings. The van der Waals surface area contributed by atoms with Crippen LogP contribution in [0.5, 0.6) is 11.5 Å². The maximum absolute atomic E-state index is 12.8. The molecule has 1 fully saturated rings. The van der Waals surface area contributed by atoms with Gasteiger partial charge in [0, 0.05) is 25.0 Å². The predicted molar refractivity (Wildman–Crippen MR) is 127 cm³/mol. The van der Waals surface area contributed by atoms with Gasteiger partial charge in [-0.1, -0.05) is 18.9 Å². The Morgan fingerprint density at radius 3 is 2.42 bits per heavy atom. The molecule has 0 radical (unpaired) electrons. The Hall–Kier alpha value is -1.85. The van der Waals surface area contributed by atoms with Crippen molar-refractivity contribution in [3.8, 4) is 11.5 Å². The summed E-state index contributed by atoms with van der Waals surface area (Å²) in [5.74, 6) is 1.66. The number of methoxy groups -OCH3 is 2. The fraction of sp³-hybridized carbons (Fsp3) is 0.522. The SMILES string of the molecule is COc1ccc(COCC(O)CSc2ccc(S(=O)(=O)N3CCCCCC3)cn2)cc1OC. The highest BCUT2D eigenvalue weighted by molar-refractivity contribution is 7.99. The molecule has 33 heavy (non-hydrogen) atoms. The van der Waals surface area contributed by atoms with Crippen molar-refractivity contribution >= 4 is 21.8 Å². The van der Waals surface area contributed by atoms with Crippen molar-refractivity contribution in [3.63, 3.8) is 0 Å². The Labute approximate surface area is 200 Å². The first-order chi connectivity index (χ1) is 15.9. The Morgan fingerprint density at radius 1 is 1.06 bits per heavy atom. The average Bonchev–Trinajstić information content (AvgIpc) is 3.13. The molecule has 0 saturated carbocycles. The molecule has 1 aliphatic rings. The molecule has 0 bridgehead atoms. The van der Waals surface area contributed by atoms with E-state index in [1.165, 1.54) is 18.0 Å². The quantitative estimate of drug-likeness (QED) is 0.473. The Balaban J connectivity index is 1.45. The van der Waals surface area contributed by atoms with Crippen LogP contribution in [0.2, 0.25) is 0 Å². The maximum Gasteiger partial charge on any atom is 0.244 e. The van der Waals surface area contributed by atoms with E-state index < -0.39 is 16.1 Å². The standard InChI is InChI=1S/C23H32N2O6S2/c1-29-21-9-7-18(13-22(21)30-2)15-31-16-19(26)17-32-23-10-8-20(14-24-23)33(27,28)25-11-5-3-4-6-12-25/h7-10,13-14,19,26H,3-6,11-12,15-17H2,1-2H3. The number of hydrogen-bond acceptors (Lipinski definition) is 8. The third kappa shape index (κ3) is 7.31.